The molecule has 0 heteroatoms. The molecule has 2 aromatic carbocycles. The zero-order chi connectivity index (χ0) is 17.8. The zero-order valence-electron chi connectivity index (χ0n) is 16.1. The third kappa shape index (κ3) is 4.63. The molecule has 0 aliphatic heterocycles. The highest BCUT2D eigenvalue weighted by Gasteiger charge is 2.18. The number of benzene rings is 2. The molecule has 1 unspecified atom stereocenters. The summed E-state index contributed by atoms with van der Waals surface area (Å²) in [5, 5.41) is 0. The summed E-state index contributed by atoms with van der Waals surface area (Å²) in [6.45, 7) is 10.8. The first-order valence-corrected chi connectivity index (χ1v) is 9.89. The minimum Gasteiger partial charge on any atom is -0.100 e. The van der Waals surface area contributed by atoms with Gasteiger partial charge in [0.2, 0.25) is 0 Å². The van der Waals surface area contributed by atoms with E-state index in [1.165, 1.54) is 59.9 Å². The Bertz CT molecular complexity index is 731. The van der Waals surface area contributed by atoms with Crippen LogP contribution < -0.4 is 0 Å². The smallest absolute Gasteiger partial charge is 0.0153 e. The monoisotopic (exact) mass is 332 g/mol. The highest BCUT2D eigenvalue weighted by atomic mass is 14.2. The molecule has 2 aromatic rings. The fourth-order valence-electron chi connectivity index (χ4n) is 4.26. The Balaban J connectivity index is 2.02. The largest absolute Gasteiger partial charge is 0.100 e. The van der Waals surface area contributed by atoms with Crippen LogP contribution in [0, 0.1) is 6.92 Å². The summed E-state index contributed by atoms with van der Waals surface area (Å²) in [7, 11) is 0. The Labute approximate surface area is 154 Å². The lowest BCUT2D eigenvalue weighted by Crippen LogP contribution is -2.06. The maximum atomic E-state index is 4.13. The molecule has 0 spiro atoms. The fourth-order valence-corrected chi connectivity index (χ4v) is 4.26. The van der Waals surface area contributed by atoms with Crippen molar-refractivity contribution in [3.8, 4) is 11.1 Å². The van der Waals surface area contributed by atoms with Gasteiger partial charge >= 0.3 is 0 Å². The predicted octanol–water partition coefficient (Wildman–Crippen LogP) is 7.78. The summed E-state index contributed by atoms with van der Waals surface area (Å²) < 4.78 is 0. The van der Waals surface area contributed by atoms with Crippen LogP contribution in [-0.2, 0) is 0 Å². The molecule has 0 amide bonds. The average Bonchev–Trinajstić information content (AvgIpc) is 2.61. The lowest BCUT2D eigenvalue weighted by Gasteiger charge is -2.24. The van der Waals surface area contributed by atoms with Gasteiger partial charge in [0.1, 0.15) is 0 Å². The second-order valence-electron chi connectivity index (χ2n) is 8.16. The lowest BCUT2D eigenvalue weighted by molar-refractivity contribution is 0.443. The van der Waals surface area contributed by atoms with E-state index < -0.39 is 0 Å². The number of aryl methyl sites for hydroxylation is 1. The van der Waals surface area contributed by atoms with Crippen LogP contribution in [0.1, 0.15) is 80.9 Å². The van der Waals surface area contributed by atoms with Gasteiger partial charge in [0.05, 0.1) is 0 Å². The first-order chi connectivity index (χ1) is 12.0. The van der Waals surface area contributed by atoms with E-state index in [9.17, 15) is 0 Å². The second kappa shape index (κ2) is 8.04. The van der Waals surface area contributed by atoms with Crippen LogP contribution in [0.15, 0.2) is 54.6 Å². The van der Waals surface area contributed by atoms with Gasteiger partial charge in [-0.15, -0.1) is 6.58 Å². The van der Waals surface area contributed by atoms with Crippen molar-refractivity contribution in [2.75, 3.05) is 0 Å². The average molecular weight is 333 g/mol. The lowest BCUT2D eigenvalue weighted by atomic mass is 9.81. The van der Waals surface area contributed by atoms with Gasteiger partial charge in [-0.1, -0.05) is 79.8 Å². The molecule has 0 nitrogen and oxygen atoms in total. The van der Waals surface area contributed by atoms with E-state index in [0.29, 0.717) is 5.92 Å². The SMILES string of the molecule is C=C(C)CC(C)c1cc(-c2cccc(C)c2)cc(C2CCCCC2)c1. The minimum atomic E-state index is 0.532. The Kier molecular flexibility index (Phi) is 5.78. The molecular formula is C25H32. The molecule has 1 saturated carbocycles. The van der Waals surface area contributed by atoms with Crippen LogP contribution in [-0.4, -0.2) is 0 Å². The molecule has 1 aliphatic carbocycles. The minimum absolute atomic E-state index is 0.532. The summed E-state index contributed by atoms with van der Waals surface area (Å²) in [5.41, 5.74) is 8.37. The van der Waals surface area contributed by atoms with Crippen LogP contribution in [0.4, 0.5) is 0 Å². The van der Waals surface area contributed by atoms with Crippen molar-refractivity contribution in [3.63, 3.8) is 0 Å². The molecule has 1 aliphatic rings. The van der Waals surface area contributed by atoms with Gasteiger partial charge < -0.3 is 0 Å². The first kappa shape index (κ1) is 18.0. The molecule has 0 aromatic heterocycles. The van der Waals surface area contributed by atoms with Gasteiger partial charge in [-0.25, -0.2) is 0 Å². The van der Waals surface area contributed by atoms with E-state index >= 15 is 0 Å². The normalized spacial score (nSPS) is 16.6. The first-order valence-electron chi connectivity index (χ1n) is 9.89. The molecule has 3 rings (SSSR count). The molecule has 1 atom stereocenters. The zero-order valence-corrected chi connectivity index (χ0v) is 16.1. The van der Waals surface area contributed by atoms with Crippen molar-refractivity contribution >= 4 is 0 Å². The second-order valence-corrected chi connectivity index (χ2v) is 8.16. The van der Waals surface area contributed by atoms with E-state index in [1.54, 1.807) is 5.56 Å². The number of rotatable bonds is 5. The van der Waals surface area contributed by atoms with Gasteiger partial charge in [-0.05, 0) is 67.2 Å². The molecule has 0 N–H and O–H groups in total. The third-order valence-corrected chi connectivity index (χ3v) is 5.63. The summed E-state index contributed by atoms with van der Waals surface area (Å²) in [4.78, 5) is 0. The molecule has 25 heavy (non-hydrogen) atoms. The molecule has 0 bridgehead atoms. The highest BCUT2D eigenvalue weighted by molar-refractivity contribution is 5.66. The quantitative estimate of drug-likeness (QED) is 0.490. The van der Waals surface area contributed by atoms with E-state index in [1.807, 2.05) is 0 Å². The Morgan fingerprint density at radius 2 is 1.80 bits per heavy atom. The van der Waals surface area contributed by atoms with Gasteiger partial charge in [0, 0.05) is 0 Å². The molecule has 132 valence electrons. The Morgan fingerprint density at radius 3 is 2.48 bits per heavy atom. The van der Waals surface area contributed by atoms with Crippen LogP contribution in [0.5, 0.6) is 0 Å². The van der Waals surface area contributed by atoms with Crippen LogP contribution in [0.25, 0.3) is 11.1 Å². The topological polar surface area (TPSA) is 0 Å². The van der Waals surface area contributed by atoms with Crippen LogP contribution in [0.3, 0.4) is 0 Å². The van der Waals surface area contributed by atoms with Gasteiger partial charge in [-0.3, -0.25) is 0 Å². The van der Waals surface area contributed by atoms with E-state index in [0.717, 1.165) is 12.3 Å². The number of hydrogen-bond donors (Lipinski definition) is 0. The highest BCUT2D eigenvalue weighted by Crippen LogP contribution is 2.37. The van der Waals surface area contributed by atoms with Crippen molar-refractivity contribution in [3.05, 3.63) is 71.3 Å². The maximum absolute atomic E-state index is 4.13. The van der Waals surface area contributed by atoms with Crippen molar-refractivity contribution in [2.45, 2.75) is 71.1 Å². The van der Waals surface area contributed by atoms with Crippen molar-refractivity contribution < 1.29 is 0 Å². The summed E-state index contributed by atoms with van der Waals surface area (Å²) in [6, 6.07) is 16.3. The summed E-state index contributed by atoms with van der Waals surface area (Å²) in [5.74, 6) is 1.28. The summed E-state index contributed by atoms with van der Waals surface area (Å²) in [6.07, 6.45) is 7.96. The van der Waals surface area contributed by atoms with Gasteiger partial charge in [0.15, 0.2) is 0 Å². The predicted molar refractivity (Wildman–Crippen MR) is 110 cm³/mol. The molecule has 0 saturated heterocycles. The number of allylic oxidation sites excluding steroid dienone is 1. The van der Waals surface area contributed by atoms with Gasteiger partial charge in [0.25, 0.3) is 0 Å². The molecule has 0 radical (unpaired) electrons. The summed E-state index contributed by atoms with van der Waals surface area (Å²) >= 11 is 0. The van der Waals surface area contributed by atoms with E-state index in [2.05, 4.69) is 69.8 Å². The standard InChI is InChI=1S/C25H32/c1-18(2)13-20(4)23-15-24(21-10-6-5-7-11-21)17-25(16-23)22-12-8-9-19(3)14-22/h8-9,12,14-17,20-21H,1,5-7,10-11,13H2,2-4H3. The Morgan fingerprint density at radius 1 is 1.04 bits per heavy atom. The Hall–Kier alpha value is -1.82. The number of hydrogen-bond acceptors (Lipinski definition) is 0. The van der Waals surface area contributed by atoms with Crippen LogP contribution in [0.2, 0.25) is 0 Å². The third-order valence-electron chi connectivity index (χ3n) is 5.63. The van der Waals surface area contributed by atoms with E-state index in [-0.39, 0.29) is 0 Å². The fraction of sp³-hybridized carbons (Fsp3) is 0.440. The van der Waals surface area contributed by atoms with Crippen molar-refractivity contribution in [1.82, 2.24) is 0 Å². The molecule has 1 fully saturated rings. The maximum Gasteiger partial charge on any atom is -0.0153 e. The van der Waals surface area contributed by atoms with Crippen molar-refractivity contribution in [1.29, 1.82) is 0 Å². The molecular weight excluding hydrogens is 300 g/mol. The van der Waals surface area contributed by atoms with Gasteiger partial charge in [-0.2, -0.15) is 0 Å². The molecule has 0 heterocycles. The van der Waals surface area contributed by atoms with Crippen molar-refractivity contribution in [2.24, 2.45) is 0 Å². The van der Waals surface area contributed by atoms with E-state index in [4.69, 9.17) is 0 Å². The van der Waals surface area contributed by atoms with Crippen LogP contribution >= 0.6 is 0 Å².